The predicted octanol–water partition coefficient (Wildman–Crippen LogP) is 1.51. The van der Waals surface area contributed by atoms with Gasteiger partial charge in [0, 0.05) is 12.1 Å². The molecule has 0 saturated carbocycles. The van der Waals surface area contributed by atoms with Crippen molar-refractivity contribution in [2.24, 2.45) is 11.7 Å². The molecule has 8 heteroatoms. The van der Waals surface area contributed by atoms with Gasteiger partial charge in [-0.1, -0.05) is 13.8 Å². The number of hydrogen-bond acceptors (Lipinski definition) is 5. The zero-order chi connectivity index (χ0) is 15.6. The fraction of sp³-hybridized carbons (Fsp3) is 0.385. The van der Waals surface area contributed by atoms with Crippen LogP contribution in [0.3, 0.4) is 0 Å². The van der Waals surface area contributed by atoms with E-state index >= 15 is 0 Å². The first kappa shape index (κ1) is 14.9. The van der Waals surface area contributed by atoms with E-state index in [9.17, 15) is 14.9 Å². The van der Waals surface area contributed by atoms with Crippen molar-refractivity contribution in [3.63, 3.8) is 0 Å². The molecule has 0 aliphatic rings. The summed E-state index contributed by atoms with van der Waals surface area (Å²) in [5, 5.41) is 17.0. The molecule has 1 atom stereocenters. The van der Waals surface area contributed by atoms with Gasteiger partial charge in [0.15, 0.2) is 5.82 Å². The van der Waals surface area contributed by atoms with E-state index in [1.165, 1.54) is 28.8 Å². The van der Waals surface area contributed by atoms with Crippen LogP contribution in [0.5, 0.6) is 0 Å². The summed E-state index contributed by atoms with van der Waals surface area (Å²) in [6, 6.07) is 5.29. The fourth-order valence-electron chi connectivity index (χ4n) is 2.14. The van der Waals surface area contributed by atoms with E-state index in [2.05, 4.69) is 10.2 Å². The normalized spacial score (nSPS) is 12.6. The lowest BCUT2D eigenvalue weighted by molar-refractivity contribution is -0.384. The van der Waals surface area contributed by atoms with Crippen molar-refractivity contribution in [3.05, 3.63) is 50.7 Å². The van der Waals surface area contributed by atoms with Crippen molar-refractivity contribution >= 4 is 5.69 Å². The van der Waals surface area contributed by atoms with E-state index in [-0.39, 0.29) is 11.7 Å². The zero-order valence-corrected chi connectivity index (χ0v) is 11.8. The van der Waals surface area contributed by atoms with Crippen LogP contribution in [0.15, 0.2) is 29.1 Å². The molecule has 0 spiro atoms. The van der Waals surface area contributed by atoms with Gasteiger partial charge in [0.2, 0.25) is 0 Å². The first-order valence-corrected chi connectivity index (χ1v) is 6.58. The molecule has 1 aromatic carbocycles. The van der Waals surface area contributed by atoms with Crippen molar-refractivity contribution < 1.29 is 4.92 Å². The van der Waals surface area contributed by atoms with E-state index < -0.39 is 10.6 Å². The molecule has 0 bridgehead atoms. The van der Waals surface area contributed by atoms with Crippen LogP contribution in [0.25, 0.3) is 5.69 Å². The average molecular weight is 291 g/mol. The van der Waals surface area contributed by atoms with Crippen LogP contribution in [0.1, 0.15) is 32.1 Å². The number of nitrogens with zero attached hydrogens (tertiary/aromatic N) is 3. The number of nitrogens with two attached hydrogens (primary N) is 1. The molecule has 0 amide bonds. The molecule has 2 rings (SSSR count). The Hall–Kier alpha value is -2.48. The first-order chi connectivity index (χ1) is 9.90. The molecule has 1 aromatic heterocycles. The topological polar surface area (TPSA) is 120 Å². The number of nitrogens with one attached hydrogen (secondary N) is 1. The summed E-state index contributed by atoms with van der Waals surface area (Å²) in [5.41, 5.74) is 6.11. The maximum atomic E-state index is 11.9. The number of non-ortho nitro benzene ring substituents is 1. The predicted molar refractivity (Wildman–Crippen MR) is 77.2 cm³/mol. The summed E-state index contributed by atoms with van der Waals surface area (Å²) < 4.78 is 1.34. The number of nitro benzene ring substituents is 1. The summed E-state index contributed by atoms with van der Waals surface area (Å²) in [6.07, 6.45) is 0.678. The van der Waals surface area contributed by atoms with Gasteiger partial charge in [0.1, 0.15) is 0 Å². The smallest absolute Gasteiger partial charge is 0.321 e. The number of nitro groups is 1. The van der Waals surface area contributed by atoms with Crippen LogP contribution in [-0.2, 0) is 0 Å². The Morgan fingerprint density at radius 1 is 1.38 bits per heavy atom. The van der Waals surface area contributed by atoms with Crippen molar-refractivity contribution in [1.29, 1.82) is 0 Å². The van der Waals surface area contributed by atoms with Gasteiger partial charge in [-0.2, -0.15) is 5.10 Å². The van der Waals surface area contributed by atoms with E-state index in [1.807, 2.05) is 13.8 Å². The highest BCUT2D eigenvalue weighted by molar-refractivity contribution is 5.41. The lowest BCUT2D eigenvalue weighted by atomic mass is 10.0. The molecule has 2 aromatic rings. The van der Waals surface area contributed by atoms with Crippen LogP contribution in [0.4, 0.5) is 5.69 Å². The Labute approximate surface area is 120 Å². The first-order valence-electron chi connectivity index (χ1n) is 6.58. The van der Waals surface area contributed by atoms with Gasteiger partial charge in [-0.05, 0) is 24.5 Å². The van der Waals surface area contributed by atoms with Gasteiger partial charge in [0.05, 0.1) is 16.7 Å². The van der Waals surface area contributed by atoms with E-state index in [0.29, 0.717) is 23.9 Å². The zero-order valence-electron chi connectivity index (χ0n) is 11.8. The second kappa shape index (κ2) is 5.88. The molecule has 0 radical (unpaired) electrons. The standard InChI is InChI=1S/C13H17N5O3/c1-8(2)7-11(14)12-15-16-13(19)17(12)9-3-5-10(6-4-9)18(20)21/h3-6,8,11H,7,14H2,1-2H3,(H,16,19)/t11-/m0/s1. The lowest BCUT2D eigenvalue weighted by Gasteiger charge is -2.14. The minimum Gasteiger partial charge on any atom is -0.321 e. The van der Waals surface area contributed by atoms with E-state index in [1.54, 1.807) is 0 Å². The Kier molecular flexibility index (Phi) is 4.18. The molecule has 21 heavy (non-hydrogen) atoms. The quantitative estimate of drug-likeness (QED) is 0.639. The van der Waals surface area contributed by atoms with Gasteiger partial charge in [-0.15, -0.1) is 0 Å². The number of hydrogen-bond donors (Lipinski definition) is 2. The third-order valence-corrected chi connectivity index (χ3v) is 3.07. The lowest BCUT2D eigenvalue weighted by Crippen LogP contribution is -2.22. The molecular weight excluding hydrogens is 274 g/mol. The monoisotopic (exact) mass is 291 g/mol. The third-order valence-electron chi connectivity index (χ3n) is 3.07. The average Bonchev–Trinajstić information content (AvgIpc) is 2.80. The Balaban J connectivity index is 2.41. The second-order valence-corrected chi connectivity index (χ2v) is 5.23. The minimum absolute atomic E-state index is 0.0386. The summed E-state index contributed by atoms with van der Waals surface area (Å²) in [6.45, 7) is 4.06. The summed E-state index contributed by atoms with van der Waals surface area (Å²) in [5.74, 6) is 0.777. The molecule has 0 saturated heterocycles. The van der Waals surface area contributed by atoms with Crippen LogP contribution in [0, 0.1) is 16.0 Å². The number of aromatic amines is 1. The maximum Gasteiger partial charge on any atom is 0.347 e. The van der Waals surface area contributed by atoms with Crippen LogP contribution in [0.2, 0.25) is 0 Å². The van der Waals surface area contributed by atoms with Crippen LogP contribution >= 0.6 is 0 Å². The molecule has 3 N–H and O–H groups in total. The van der Waals surface area contributed by atoms with Crippen LogP contribution in [-0.4, -0.2) is 19.7 Å². The second-order valence-electron chi connectivity index (χ2n) is 5.23. The third kappa shape index (κ3) is 3.16. The van der Waals surface area contributed by atoms with E-state index in [0.717, 1.165) is 0 Å². The Morgan fingerprint density at radius 2 is 2.00 bits per heavy atom. The molecule has 0 fully saturated rings. The largest absolute Gasteiger partial charge is 0.347 e. The molecule has 112 valence electrons. The van der Waals surface area contributed by atoms with Crippen molar-refractivity contribution in [1.82, 2.24) is 14.8 Å². The molecule has 8 nitrogen and oxygen atoms in total. The van der Waals surface area contributed by atoms with E-state index in [4.69, 9.17) is 5.73 Å². The number of aromatic nitrogens is 3. The van der Waals surface area contributed by atoms with Gasteiger partial charge >= 0.3 is 5.69 Å². The molecular formula is C13H17N5O3. The Morgan fingerprint density at radius 3 is 2.52 bits per heavy atom. The van der Waals surface area contributed by atoms with Gasteiger partial charge in [-0.3, -0.25) is 10.1 Å². The number of rotatable bonds is 5. The number of H-pyrrole nitrogens is 1. The summed E-state index contributed by atoms with van der Waals surface area (Å²) in [7, 11) is 0. The summed E-state index contributed by atoms with van der Waals surface area (Å²) in [4.78, 5) is 22.1. The van der Waals surface area contributed by atoms with Crippen molar-refractivity contribution in [3.8, 4) is 5.69 Å². The minimum atomic E-state index is -0.493. The van der Waals surface area contributed by atoms with Crippen molar-refractivity contribution in [2.45, 2.75) is 26.3 Å². The number of benzene rings is 1. The van der Waals surface area contributed by atoms with Crippen LogP contribution < -0.4 is 11.4 Å². The SMILES string of the molecule is CC(C)C[C@H](N)c1n[nH]c(=O)n1-c1ccc([N+](=O)[O-])cc1. The highest BCUT2D eigenvalue weighted by atomic mass is 16.6. The molecule has 0 unspecified atom stereocenters. The fourth-order valence-corrected chi connectivity index (χ4v) is 2.14. The Bertz CT molecular complexity index is 687. The highest BCUT2D eigenvalue weighted by Crippen LogP contribution is 2.20. The van der Waals surface area contributed by atoms with Gasteiger partial charge in [0.25, 0.3) is 5.69 Å². The maximum absolute atomic E-state index is 11.9. The van der Waals surface area contributed by atoms with Crippen molar-refractivity contribution in [2.75, 3.05) is 0 Å². The van der Waals surface area contributed by atoms with Gasteiger partial charge in [-0.25, -0.2) is 14.5 Å². The summed E-state index contributed by atoms with van der Waals surface area (Å²) >= 11 is 0. The molecule has 0 aliphatic heterocycles. The van der Waals surface area contributed by atoms with Gasteiger partial charge < -0.3 is 5.73 Å². The molecule has 0 aliphatic carbocycles. The molecule has 1 heterocycles. The highest BCUT2D eigenvalue weighted by Gasteiger charge is 2.18.